The lowest BCUT2D eigenvalue weighted by Gasteiger charge is -2.35. The maximum Gasteiger partial charge on any atom is 0.220 e. The molecule has 0 aliphatic heterocycles. The van der Waals surface area contributed by atoms with Crippen molar-refractivity contribution in [2.45, 2.75) is 5.41 Å². The zero-order chi connectivity index (χ0) is 39.6. The third kappa shape index (κ3) is 5.07. The van der Waals surface area contributed by atoms with E-state index in [2.05, 4.69) is 244 Å². The zero-order valence-corrected chi connectivity index (χ0v) is 32.7. The minimum Gasteiger partial charge on any atom is -0.310 e. The Morgan fingerprint density at radius 3 is 1.67 bits per heavy atom. The van der Waals surface area contributed by atoms with Gasteiger partial charge in [0.2, 0.25) is 5.78 Å². The molecule has 282 valence electrons. The van der Waals surface area contributed by atoms with E-state index in [4.69, 9.17) is 4.98 Å². The third-order valence-electron chi connectivity index (χ3n) is 12.4. The normalized spacial score (nSPS) is 12.8. The van der Waals surface area contributed by atoms with Gasteiger partial charge < -0.3 is 4.90 Å². The number of hydrogen-bond donors (Lipinski definition) is 0. The van der Waals surface area contributed by atoms with Crippen LogP contribution in [-0.4, -0.2) is 14.0 Å². The quantitative estimate of drug-likeness (QED) is 0.161. The highest BCUT2D eigenvalue weighted by atomic mass is 15.2. The number of aromatic nitrogens is 3. The lowest BCUT2D eigenvalue weighted by molar-refractivity contribution is 0.768. The second kappa shape index (κ2) is 13.6. The Morgan fingerprint density at radius 2 is 0.933 bits per heavy atom. The van der Waals surface area contributed by atoms with Gasteiger partial charge >= 0.3 is 0 Å². The molecule has 60 heavy (non-hydrogen) atoms. The van der Waals surface area contributed by atoms with Gasteiger partial charge in [-0.1, -0.05) is 164 Å². The molecule has 0 amide bonds. The van der Waals surface area contributed by atoms with Crippen molar-refractivity contribution < 1.29 is 0 Å². The first-order chi connectivity index (χ1) is 29.8. The van der Waals surface area contributed by atoms with Crippen LogP contribution in [0.5, 0.6) is 0 Å². The van der Waals surface area contributed by atoms with Crippen LogP contribution >= 0.6 is 0 Å². The SMILES string of the molecule is c1ccc(-c2ccc(N(c3ccc4c(c3)C(c3ccccc3)(c3ccccc3)c3ccccc3-4)c3ccc4c(c3)n3c5ccccc5nc3n4-c3ccccc3)cc2)cc1. The van der Waals surface area contributed by atoms with Crippen LogP contribution in [0.25, 0.3) is 55.8 Å². The number of nitrogens with zero attached hydrogens (tertiary/aromatic N) is 4. The summed E-state index contributed by atoms with van der Waals surface area (Å²) >= 11 is 0. The number of rotatable bonds is 7. The summed E-state index contributed by atoms with van der Waals surface area (Å²) < 4.78 is 4.59. The zero-order valence-electron chi connectivity index (χ0n) is 32.7. The average molecular weight is 767 g/mol. The molecule has 0 atom stereocenters. The number of hydrogen-bond acceptors (Lipinski definition) is 2. The summed E-state index contributed by atoms with van der Waals surface area (Å²) in [6.45, 7) is 0. The molecule has 4 nitrogen and oxygen atoms in total. The van der Waals surface area contributed by atoms with Crippen LogP contribution < -0.4 is 4.90 Å². The summed E-state index contributed by atoms with van der Waals surface area (Å²) in [6, 6.07) is 83.5. The van der Waals surface area contributed by atoms with Crippen LogP contribution in [0, 0.1) is 0 Å². The van der Waals surface area contributed by atoms with Gasteiger partial charge in [0.15, 0.2) is 0 Å². The molecule has 0 saturated carbocycles. The number of para-hydroxylation sites is 3. The molecule has 0 unspecified atom stereocenters. The lowest BCUT2D eigenvalue weighted by Crippen LogP contribution is -2.28. The van der Waals surface area contributed by atoms with Gasteiger partial charge in [0.1, 0.15) is 0 Å². The third-order valence-corrected chi connectivity index (χ3v) is 12.4. The predicted octanol–water partition coefficient (Wildman–Crippen LogP) is 13.9. The number of benzene rings is 9. The Kier molecular flexibility index (Phi) is 7.72. The van der Waals surface area contributed by atoms with Gasteiger partial charge in [-0.2, -0.15) is 0 Å². The van der Waals surface area contributed by atoms with Crippen molar-refractivity contribution in [1.29, 1.82) is 0 Å². The standard InChI is InChI=1S/C56H38N4/c1-5-17-39(18-6-1)40-29-31-44(32-30-40)58(46-34-36-53-54(38-46)60-52-28-16-15-27-51(52)57-55(60)59(53)43-23-11-4-12-24-43)45-33-35-48-47-25-13-14-26-49(47)56(50(48)37-45,41-19-7-2-8-20-41)42-21-9-3-10-22-42/h1-38H. The first-order valence-corrected chi connectivity index (χ1v) is 20.6. The van der Waals surface area contributed by atoms with Gasteiger partial charge in [-0.05, 0) is 111 Å². The van der Waals surface area contributed by atoms with Crippen LogP contribution in [0.2, 0.25) is 0 Å². The highest BCUT2D eigenvalue weighted by molar-refractivity contribution is 5.96. The van der Waals surface area contributed by atoms with Crippen LogP contribution in [0.1, 0.15) is 22.3 Å². The van der Waals surface area contributed by atoms with Crippen molar-refractivity contribution in [1.82, 2.24) is 14.0 Å². The van der Waals surface area contributed by atoms with Gasteiger partial charge in [0.05, 0.1) is 27.5 Å². The molecule has 9 aromatic carbocycles. The van der Waals surface area contributed by atoms with E-state index >= 15 is 0 Å². The van der Waals surface area contributed by atoms with Gasteiger partial charge in [0, 0.05) is 22.7 Å². The highest BCUT2D eigenvalue weighted by Gasteiger charge is 2.46. The molecular weight excluding hydrogens is 729 g/mol. The molecule has 0 radical (unpaired) electrons. The molecule has 12 rings (SSSR count). The molecule has 11 aromatic rings. The van der Waals surface area contributed by atoms with Crippen molar-refractivity contribution in [3.63, 3.8) is 0 Å². The number of fused-ring (bicyclic) bond motifs is 8. The van der Waals surface area contributed by atoms with Crippen molar-refractivity contribution in [2.75, 3.05) is 4.90 Å². The first-order valence-electron chi connectivity index (χ1n) is 20.6. The Balaban J connectivity index is 1.13. The number of anilines is 3. The molecular formula is C56H38N4. The molecule has 1 aliphatic rings. The molecule has 0 N–H and O–H groups in total. The van der Waals surface area contributed by atoms with Crippen LogP contribution in [0.4, 0.5) is 17.1 Å². The predicted molar refractivity (Wildman–Crippen MR) is 247 cm³/mol. The minimum atomic E-state index is -0.522. The summed E-state index contributed by atoms with van der Waals surface area (Å²) in [7, 11) is 0. The Hall–Kier alpha value is -7.95. The second-order valence-corrected chi connectivity index (χ2v) is 15.6. The molecule has 4 heteroatoms. The van der Waals surface area contributed by atoms with E-state index in [1.807, 2.05) is 0 Å². The summed E-state index contributed by atoms with van der Waals surface area (Å²) in [5.74, 6) is 0.888. The van der Waals surface area contributed by atoms with Gasteiger partial charge in [0.25, 0.3) is 0 Å². The van der Waals surface area contributed by atoms with E-state index in [0.29, 0.717) is 0 Å². The Bertz CT molecular complexity index is 3310. The smallest absolute Gasteiger partial charge is 0.220 e. The molecule has 2 heterocycles. The van der Waals surface area contributed by atoms with E-state index in [0.717, 1.165) is 50.6 Å². The summed E-state index contributed by atoms with van der Waals surface area (Å²) in [5.41, 5.74) is 17.9. The van der Waals surface area contributed by atoms with E-state index in [1.54, 1.807) is 0 Å². The Morgan fingerprint density at radius 1 is 0.383 bits per heavy atom. The number of imidazole rings is 2. The van der Waals surface area contributed by atoms with E-state index < -0.39 is 5.41 Å². The van der Waals surface area contributed by atoms with Crippen LogP contribution in [0.3, 0.4) is 0 Å². The van der Waals surface area contributed by atoms with Gasteiger partial charge in [-0.25, -0.2) is 4.98 Å². The van der Waals surface area contributed by atoms with E-state index in [-0.39, 0.29) is 0 Å². The van der Waals surface area contributed by atoms with Gasteiger partial charge in [-0.3, -0.25) is 8.97 Å². The summed E-state index contributed by atoms with van der Waals surface area (Å²) in [4.78, 5) is 7.62. The van der Waals surface area contributed by atoms with E-state index in [9.17, 15) is 0 Å². The van der Waals surface area contributed by atoms with Crippen LogP contribution in [0.15, 0.2) is 231 Å². The molecule has 0 fully saturated rings. The first kappa shape index (κ1) is 34.1. The van der Waals surface area contributed by atoms with Crippen molar-refractivity contribution in [3.05, 3.63) is 253 Å². The summed E-state index contributed by atoms with van der Waals surface area (Å²) in [6.07, 6.45) is 0. The topological polar surface area (TPSA) is 25.5 Å². The van der Waals surface area contributed by atoms with Crippen molar-refractivity contribution in [3.8, 4) is 27.9 Å². The molecule has 2 aromatic heterocycles. The molecule has 0 saturated heterocycles. The fraction of sp³-hybridized carbons (Fsp3) is 0.0179. The lowest BCUT2D eigenvalue weighted by atomic mass is 9.67. The molecule has 0 bridgehead atoms. The second-order valence-electron chi connectivity index (χ2n) is 15.6. The molecule has 0 spiro atoms. The fourth-order valence-electron chi connectivity index (χ4n) is 9.81. The van der Waals surface area contributed by atoms with Crippen LogP contribution in [-0.2, 0) is 5.41 Å². The highest BCUT2D eigenvalue weighted by Crippen LogP contribution is 2.57. The maximum absolute atomic E-state index is 5.20. The Labute approximate surface area is 348 Å². The minimum absolute atomic E-state index is 0.522. The molecule has 1 aliphatic carbocycles. The van der Waals surface area contributed by atoms with Crippen molar-refractivity contribution >= 4 is 44.9 Å². The average Bonchev–Trinajstić information content (AvgIpc) is 3.96. The fourth-order valence-corrected chi connectivity index (χ4v) is 9.81. The van der Waals surface area contributed by atoms with E-state index in [1.165, 1.54) is 44.5 Å². The van der Waals surface area contributed by atoms with Crippen molar-refractivity contribution in [2.24, 2.45) is 0 Å². The largest absolute Gasteiger partial charge is 0.310 e. The monoisotopic (exact) mass is 766 g/mol. The summed E-state index contributed by atoms with van der Waals surface area (Å²) in [5, 5.41) is 0. The van der Waals surface area contributed by atoms with Gasteiger partial charge in [-0.15, -0.1) is 0 Å². The maximum atomic E-state index is 5.20.